The van der Waals surface area contributed by atoms with Crippen LogP contribution in [0.1, 0.15) is 55.0 Å². The maximum Gasteiger partial charge on any atom is 0.0303 e. The molecule has 0 amide bonds. The molecule has 1 unspecified atom stereocenters. The van der Waals surface area contributed by atoms with Gasteiger partial charge in [0.25, 0.3) is 0 Å². The molecule has 1 N–H and O–H groups in total. The monoisotopic (exact) mass is 251 g/mol. The highest BCUT2D eigenvalue weighted by molar-refractivity contribution is 7.12. The van der Waals surface area contributed by atoms with Crippen molar-refractivity contribution < 1.29 is 0 Å². The third-order valence-corrected chi connectivity index (χ3v) is 5.40. The standard InChI is InChI=1S/C15H25NS/c1-10(2)15(6-7-15)9-16-12(4)14-8-11(3)17-13(14)5/h8,10,12,16H,6-7,9H2,1-5H3. The van der Waals surface area contributed by atoms with E-state index in [4.69, 9.17) is 0 Å². The lowest BCUT2D eigenvalue weighted by atomic mass is 9.92. The van der Waals surface area contributed by atoms with E-state index in [-0.39, 0.29) is 0 Å². The first-order valence-electron chi connectivity index (χ1n) is 6.75. The first-order valence-corrected chi connectivity index (χ1v) is 7.56. The van der Waals surface area contributed by atoms with Gasteiger partial charge in [-0.3, -0.25) is 0 Å². The lowest BCUT2D eigenvalue weighted by molar-refractivity contribution is 0.325. The molecule has 0 saturated heterocycles. The van der Waals surface area contributed by atoms with E-state index >= 15 is 0 Å². The van der Waals surface area contributed by atoms with Gasteiger partial charge in [0.15, 0.2) is 0 Å². The zero-order valence-corrected chi connectivity index (χ0v) is 12.6. The van der Waals surface area contributed by atoms with Crippen LogP contribution in [0.3, 0.4) is 0 Å². The summed E-state index contributed by atoms with van der Waals surface area (Å²) < 4.78 is 0. The van der Waals surface area contributed by atoms with E-state index in [1.807, 2.05) is 11.3 Å². The summed E-state index contributed by atoms with van der Waals surface area (Å²) >= 11 is 1.91. The molecule has 0 aliphatic heterocycles. The summed E-state index contributed by atoms with van der Waals surface area (Å²) in [6.45, 7) is 12.6. The number of hydrogen-bond donors (Lipinski definition) is 1. The minimum Gasteiger partial charge on any atom is -0.310 e. The van der Waals surface area contributed by atoms with Gasteiger partial charge >= 0.3 is 0 Å². The SMILES string of the molecule is Cc1cc(C(C)NCC2(C(C)C)CC2)c(C)s1. The normalized spacial score (nSPS) is 19.6. The minimum absolute atomic E-state index is 0.496. The second-order valence-electron chi connectivity index (χ2n) is 5.99. The Balaban J connectivity index is 1.94. The summed E-state index contributed by atoms with van der Waals surface area (Å²) in [5.74, 6) is 0.813. The largest absolute Gasteiger partial charge is 0.310 e. The van der Waals surface area contributed by atoms with Crippen LogP contribution < -0.4 is 5.32 Å². The van der Waals surface area contributed by atoms with Crippen molar-refractivity contribution in [1.82, 2.24) is 5.32 Å². The molecule has 1 saturated carbocycles. The van der Waals surface area contributed by atoms with E-state index in [0.29, 0.717) is 11.5 Å². The molecule has 1 heterocycles. The summed E-state index contributed by atoms with van der Waals surface area (Å²) in [5, 5.41) is 3.74. The molecule has 1 fully saturated rings. The number of thiophene rings is 1. The Morgan fingerprint density at radius 2 is 1.94 bits per heavy atom. The van der Waals surface area contributed by atoms with Crippen LogP contribution in [0.15, 0.2) is 6.07 Å². The molecule has 17 heavy (non-hydrogen) atoms. The van der Waals surface area contributed by atoms with Crippen molar-refractivity contribution in [3.63, 3.8) is 0 Å². The molecule has 0 aromatic carbocycles. The van der Waals surface area contributed by atoms with Gasteiger partial charge in [0.2, 0.25) is 0 Å². The van der Waals surface area contributed by atoms with Crippen molar-refractivity contribution in [2.45, 2.75) is 53.5 Å². The Hall–Kier alpha value is -0.340. The fourth-order valence-electron chi connectivity index (χ4n) is 2.67. The summed E-state index contributed by atoms with van der Waals surface area (Å²) in [5.41, 5.74) is 2.10. The molecule has 2 heteroatoms. The quantitative estimate of drug-likeness (QED) is 0.815. The average molecular weight is 251 g/mol. The van der Waals surface area contributed by atoms with Gasteiger partial charge in [-0.25, -0.2) is 0 Å². The van der Waals surface area contributed by atoms with Crippen molar-refractivity contribution in [3.8, 4) is 0 Å². The Bertz CT molecular complexity index is 388. The first-order chi connectivity index (χ1) is 7.94. The molecule has 1 aliphatic rings. The molecule has 1 aromatic heterocycles. The highest BCUT2D eigenvalue weighted by Gasteiger charge is 2.44. The highest BCUT2D eigenvalue weighted by atomic mass is 32.1. The van der Waals surface area contributed by atoms with Crippen molar-refractivity contribution in [2.24, 2.45) is 11.3 Å². The average Bonchev–Trinajstić information content (AvgIpc) is 2.97. The van der Waals surface area contributed by atoms with Gasteiger partial charge in [-0.05, 0) is 56.6 Å². The molecule has 2 rings (SSSR count). The van der Waals surface area contributed by atoms with E-state index in [0.717, 1.165) is 5.92 Å². The lowest BCUT2D eigenvalue weighted by Crippen LogP contribution is -2.29. The predicted molar refractivity (Wildman–Crippen MR) is 76.7 cm³/mol. The van der Waals surface area contributed by atoms with Crippen LogP contribution in [0, 0.1) is 25.2 Å². The molecule has 1 nitrogen and oxygen atoms in total. The topological polar surface area (TPSA) is 12.0 Å². The Labute approximate surface area is 110 Å². The molecule has 0 radical (unpaired) electrons. The summed E-state index contributed by atoms with van der Waals surface area (Å²) in [6, 6.07) is 2.84. The van der Waals surface area contributed by atoms with Gasteiger partial charge in [0, 0.05) is 22.3 Å². The molecular weight excluding hydrogens is 226 g/mol. The van der Waals surface area contributed by atoms with Gasteiger partial charge in [-0.1, -0.05) is 13.8 Å². The third kappa shape index (κ3) is 2.74. The smallest absolute Gasteiger partial charge is 0.0303 e. The molecule has 0 bridgehead atoms. The number of hydrogen-bond acceptors (Lipinski definition) is 2. The zero-order chi connectivity index (χ0) is 12.6. The van der Waals surface area contributed by atoms with Gasteiger partial charge in [0.1, 0.15) is 0 Å². The van der Waals surface area contributed by atoms with E-state index in [9.17, 15) is 0 Å². The molecule has 1 aromatic rings. The summed E-state index contributed by atoms with van der Waals surface area (Å²) in [4.78, 5) is 2.90. The van der Waals surface area contributed by atoms with Crippen molar-refractivity contribution in [1.29, 1.82) is 0 Å². The van der Waals surface area contributed by atoms with Crippen LogP contribution in [0.2, 0.25) is 0 Å². The number of nitrogens with one attached hydrogen (secondary N) is 1. The maximum atomic E-state index is 3.74. The van der Waals surface area contributed by atoms with Crippen LogP contribution in [0.25, 0.3) is 0 Å². The van der Waals surface area contributed by atoms with Crippen LogP contribution >= 0.6 is 11.3 Å². The van der Waals surface area contributed by atoms with Crippen molar-refractivity contribution in [3.05, 3.63) is 21.4 Å². The van der Waals surface area contributed by atoms with Gasteiger partial charge in [-0.15, -0.1) is 11.3 Å². The predicted octanol–water partition coefficient (Wildman–Crippen LogP) is 4.45. The fourth-order valence-corrected chi connectivity index (χ4v) is 3.69. The third-order valence-electron chi connectivity index (χ3n) is 4.42. The van der Waals surface area contributed by atoms with Gasteiger partial charge < -0.3 is 5.32 Å². The van der Waals surface area contributed by atoms with E-state index in [1.54, 1.807) is 0 Å². The second kappa shape index (κ2) is 4.74. The van der Waals surface area contributed by atoms with E-state index in [1.165, 1.54) is 34.7 Å². The molecule has 96 valence electrons. The highest BCUT2D eigenvalue weighted by Crippen LogP contribution is 2.51. The Kier molecular flexibility index (Phi) is 3.65. The van der Waals surface area contributed by atoms with Crippen molar-refractivity contribution in [2.75, 3.05) is 6.54 Å². The maximum absolute atomic E-state index is 3.74. The lowest BCUT2D eigenvalue weighted by Gasteiger charge is -2.23. The zero-order valence-electron chi connectivity index (χ0n) is 11.8. The van der Waals surface area contributed by atoms with Crippen molar-refractivity contribution >= 4 is 11.3 Å². The number of aryl methyl sites for hydroxylation is 2. The van der Waals surface area contributed by atoms with E-state index < -0.39 is 0 Å². The number of rotatable bonds is 5. The fraction of sp³-hybridized carbons (Fsp3) is 0.733. The van der Waals surface area contributed by atoms with Gasteiger partial charge in [0.05, 0.1) is 0 Å². The van der Waals surface area contributed by atoms with Crippen LogP contribution in [0.4, 0.5) is 0 Å². The molecule has 1 atom stereocenters. The molecule has 0 spiro atoms. The Morgan fingerprint density at radius 3 is 2.35 bits per heavy atom. The summed E-state index contributed by atoms with van der Waals surface area (Å²) in [6.07, 6.45) is 2.82. The Morgan fingerprint density at radius 1 is 1.29 bits per heavy atom. The summed E-state index contributed by atoms with van der Waals surface area (Å²) in [7, 11) is 0. The van der Waals surface area contributed by atoms with E-state index in [2.05, 4.69) is 46.0 Å². The first kappa shape index (κ1) is 13.1. The molecular formula is C15H25NS. The van der Waals surface area contributed by atoms with Crippen LogP contribution in [0.5, 0.6) is 0 Å². The van der Waals surface area contributed by atoms with Gasteiger partial charge in [-0.2, -0.15) is 0 Å². The minimum atomic E-state index is 0.496. The van der Waals surface area contributed by atoms with Crippen LogP contribution in [-0.2, 0) is 0 Å². The molecule has 1 aliphatic carbocycles. The van der Waals surface area contributed by atoms with Crippen LogP contribution in [-0.4, -0.2) is 6.54 Å². The second-order valence-corrected chi connectivity index (χ2v) is 7.45.